The van der Waals surface area contributed by atoms with Crippen LogP contribution < -0.4 is 10.6 Å². The molecular weight excluding hydrogens is 427 g/mol. The molecule has 0 spiro atoms. The number of hydrogen-bond acceptors (Lipinski definition) is 2. The van der Waals surface area contributed by atoms with Crippen LogP contribution in [0.3, 0.4) is 0 Å². The SMILES string of the molecule is CC(C)(C)c1ccc(C(=O)NCCNC(=O)c2ccccc2I)cc1. The molecule has 2 rings (SSSR count). The van der Waals surface area contributed by atoms with Crippen LogP contribution >= 0.6 is 22.6 Å². The first-order valence-corrected chi connectivity index (χ1v) is 9.28. The molecule has 2 amide bonds. The summed E-state index contributed by atoms with van der Waals surface area (Å²) in [7, 11) is 0. The summed E-state index contributed by atoms with van der Waals surface area (Å²) in [5.41, 5.74) is 2.52. The average Bonchev–Trinajstić information content (AvgIpc) is 2.58. The molecule has 132 valence electrons. The molecule has 0 aliphatic carbocycles. The van der Waals surface area contributed by atoms with Gasteiger partial charge in [0.1, 0.15) is 0 Å². The van der Waals surface area contributed by atoms with E-state index in [4.69, 9.17) is 0 Å². The predicted octanol–water partition coefficient (Wildman–Crippen LogP) is 3.75. The second-order valence-corrected chi connectivity index (χ2v) is 7.98. The van der Waals surface area contributed by atoms with Crippen molar-refractivity contribution in [3.05, 3.63) is 68.8 Å². The van der Waals surface area contributed by atoms with E-state index in [9.17, 15) is 9.59 Å². The molecule has 4 nitrogen and oxygen atoms in total. The van der Waals surface area contributed by atoms with Crippen molar-refractivity contribution in [2.24, 2.45) is 0 Å². The van der Waals surface area contributed by atoms with Crippen molar-refractivity contribution in [2.75, 3.05) is 13.1 Å². The van der Waals surface area contributed by atoms with Gasteiger partial charge in [-0.05, 0) is 57.8 Å². The molecule has 2 N–H and O–H groups in total. The summed E-state index contributed by atoms with van der Waals surface area (Å²) in [6.07, 6.45) is 0. The minimum atomic E-state index is -0.135. The minimum absolute atomic E-state index is 0.0637. The summed E-state index contributed by atoms with van der Waals surface area (Å²) in [6.45, 7) is 7.18. The number of amides is 2. The lowest BCUT2D eigenvalue weighted by Crippen LogP contribution is -2.35. The number of rotatable bonds is 5. The van der Waals surface area contributed by atoms with Crippen molar-refractivity contribution < 1.29 is 9.59 Å². The van der Waals surface area contributed by atoms with Crippen molar-refractivity contribution >= 4 is 34.4 Å². The lowest BCUT2D eigenvalue weighted by Gasteiger charge is -2.19. The van der Waals surface area contributed by atoms with E-state index in [2.05, 4.69) is 54.0 Å². The Balaban J connectivity index is 1.81. The molecule has 0 heterocycles. The van der Waals surface area contributed by atoms with Gasteiger partial charge < -0.3 is 10.6 Å². The van der Waals surface area contributed by atoms with E-state index in [1.165, 1.54) is 5.56 Å². The number of nitrogens with one attached hydrogen (secondary N) is 2. The molecule has 0 aliphatic heterocycles. The van der Waals surface area contributed by atoms with Crippen LogP contribution in [0.25, 0.3) is 0 Å². The highest BCUT2D eigenvalue weighted by Crippen LogP contribution is 2.22. The fraction of sp³-hybridized carbons (Fsp3) is 0.300. The summed E-state index contributed by atoms with van der Waals surface area (Å²) in [6, 6.07) is 15.0. The zero-order valence-electron chi connectivity index (χ0n) is 14.7. The van der Waals surface area contributed by atoms with Gasteiger partial charge in [-0.25, -0.2) is 0 Å². The summed E-state index contributed by atoms with van der Waals surface area (Å²) in [5, 5.41) is 5.64. The van der Waals surface area contributed by atoms with Gasteiger partial charge in [0.25, 0.3) is 11.8 Å². The molecule has 0 aromatic heterocycles. The van der Waals surface area contributed by atoms with Crippen molar-refractivity contribution in [3.8, 4) is 0 Å². The second kappa shape index (κ2) is 8.47. The van der Waals surface area contributed by atoms with Crippen molar-refractivity contribution in [2.45, 2.75) is 26.2 Å². The average molecular weight is 450 g/mol. The molecule has 0 saturated carbocycles. The number of carbonyl (C=O) groups is 2. The maximum Gasteiger partial charge on any atom is 0.252 e. The predicted molar refractivity (Wildman–Crippen MR) is 109 cm³/mol. The zero-order valence-corrected chi connectivity index (χ0v) is 16.9. The highest BCUT2D eigenvalue weighted by atomic mass is 127. The normalized spacial score (nSPS) is 11.0. The Labute approximate surface area is 162 Å². The molecule has 0 fully saturated rings. The standard InChI is InChI=1S/C20H23IN2O2/c1-20(2,3)15-10-8-14(9-11-15)18(24)22-12-13-23-19(25)16-6-4-5-7-17(16)21/h4-11H,12-13H2,1-3H3,(H,22,24)(H,23,25). The number of hydrogen-bond donors (Lipinski definition) is 2. The van der Waals surface area contributed by atoms with Crippen molar-refractivity contribution in [3.63, 3.8) is 0 Å². The summed E-state index contributed by atoms with van der Waals surface area (Å²) >= 11 is 2.13. The first-order valence-electron chi connectivity index (χ1n) is 8.20. The Morgan fingerprint density at radius 3 is 2.00 bits per heavy atom. The molecule has 0 bridgehead atoms. The lowest BCUT2D eigenvalue weighted by atomic mass is 9.87. The van der Waals surface area contributed by atoms with E-state index >= 15 is 0 Å². The molecule has 2 aromatic rings. The zero-order chi connectivity index (χ0) is 18.4. The fourth-order valence-electron chi connectivity index (χ4n) is 2.32. The lowest BCUT2D eigenvalue weighted by molar-refractivity contribution is 0.0927. The molecule has 5 heteroatoms. The molecule has 0 aliphatic rings. The molecule has 0 radical (unpaired) electrons. The quantitative estimate of drug-likeness (QED) is 0.539. The third-order valence-corrected chi connectivity index (χ3v) is 4.77. The van der Waals surface area contributed by atoms with E-state index in [0.29, 0.717) is 24.2 Å². The highest BCUT2D eigenvalue weighted by molar-refractivity contribution is 14.1. The van der Waals surface area contributed by atoms with Crippen LogP contribution in [0.2, 0.25) is 0 Å². The smallest absolute Gasteiger partial charge is 0.252 e. The molecule has 0 saturated heterocycles. The Bertz CT molecular complexity index is 749. The van der Waals surface area contributed by atoms with E-state index in [1.54, 1.807) is 6.07 Å². The topological polar surface area (TPSA) is 58.2 Å². The number of benzene rings is 2. The third kappa shape index (κ3) is 5.56. The van der Waals surface area contributed by atoms with Gasteiger partial charge >= 0.3 is 0 Å². The molecule has 25 heavy (non-hydrogen) atoms. The first-order chi connectivity index (χ1) is 11.8. The van der Waals surface area contributed by atoms with Crippen LogP contribution in [0.1, 0.15) is 47.1 Å². The van der Waals surface area contributed by atoms with Crippen LogP contribution in [0, 0.1) is 3.57 Å². The van der Waals surface area contributed by atoms with E-state index < -0.39 is 0 Å². The van der Waals surface area contributed by atoms with Gasteiger partial charge in [0.15, 0.2) is 0 Å². The van der Waals surface area contributed by atoms with Crippen molar-refractivity contribution in [1.29, 1.82) is 0 Å². The van der Waals surface area contributed by atoms with Gasteiger partial charge in [0.05, 0.1) is 5.56 Å². The Hall–Kier alpha value is -1.89. The fourth-order valence-corrected chi connectivity index (χ4v) is 2.95. The first kappa shape index (κ1) is 19.4. The molecule has 0 atom stereocenters. The summed E-state index contributed by atoms with van der Waals surface area (Å²) in [5.74, 6) is -0.266. The molecule has 2 aromatic carbocycles. The van der Waals surface area contributed by atoms with Crippen LogP contribution in [-0.4, -0.2) is 24.9 Å². The number of halogens is 1. The van der Waals surface area contributed by atoms with Gasteiger partial charge in [-0.3, -0.25) is 9.59 Å². The van der Waals surface area contributed by atoms with Crippen LogP contribution in [0.5, 0.6) is 0 Å². The summed E-state index contributed by atoms with van der Waals surface area (Å²) in [4.78, 5) is 24.2. The maximum atomic E-state index is 12.1. The van der Waals surface area contributed by atoms with Crippen molar-refractivity contribution in [1.82, 2.24) is 10.6 Å². The van der Waals surface area contributed by atoms with Crippen LogP contribution in [0.4, 0.5) is 0 Å². The van der Waals surface area contributed by atoms with E-state index in [-0.39, 0.29) is 17.2 Å². The maximum absolute atomic E-state index is 12.1. The summed E-state index contributed by atoms with van der Waals surface area (Å²) < 4.78 is 0.903. The Kier molecular flexibility index (Phi) is 6.58. The second-order valence-electron chi connectivity index (χ2n) is 6.82. The van der Waals surface area contributed by atoms with Gasteiger partial charge in [-0.2, -0.15) is 0 Å². The van der Waals surface area contributed by atoms with Crippen LogP contribution in [-0.2, 0) is 5.41 Å². The minimum Gasteiger partial charge on any atom is -0.350 e. The molecule has 0 unspecified atom stereocenters. The highest BCUT2D eigenvalue weighted by Gasteiger charge is 2.14. The van der Waals surface area contributed by atoms with Gasteiger partial charge in [-0.15, -0.1) is 0 Å². The third-order valence-electron chi connectivity index (χ3n) is 3.83. The van der Waals surface area contributed by atoms with Gasteiger partial charge in [0.2, 0.25) is 0 Å². The Morgan fingerprint density at radius 2 is 1.44 bits per heavy atom. The van der Waals surface area contributed by atoms with E-state index in [0.717, 1.165) is 3.57 Å². The number of carbonyl (C=O) groups excluding carboxylic acids is 2. The van der Waals surface area contributed by atoms with Crippen LogP contribution in [0.15, 0.2) is 48.5 Å². The monoisotopic (exact) mass is 450 g/mol. The van der Waals surface area contributed by atoms with Gasteiger partial charge in [-0.1, -0.05) is 45.0 Å². The van der Waals surface area contributed by atoms with E-state index in [1.807, 2.05) is 42.5 Å². The largest absolute Gasteiger partial charge is 0.350 e. The van der Waals surface area contributed by atoms with Gasteiger partial charge in [0, 0.05) is 22.2 Å². The molecular formula is C20H23IN2O2. The Morgan fingerprint density at radius 1 is 0.880 bits per heavy atom.